The van der Waals surface area contributed by atoms with Gasteiger partial charge in [-0.05, 0) is 13.8 Å². The van der Waals surface area contributed by atoms with Crippen LogP contribution in [0.25, 0.3) is 0 Å². The predicted octanol–water partition coefficient (Wildman–Crippen LogP) is 0.400. The number of ether oxygens (including phenoxy) is 2. The van der Waals surface area contributed by atoms with Crippen LogP contribution in [0, 0.1) is 0 Å². The lowest BCUT2D eigenvalue weighted by Gasteiger charge is -2.24. The SMILES string of the molecule is CC(C)OC[C@H]1CNCCO1. The molecule has 0 saturated carbocycles. The molecule has 1 aliphatic rings. The van der Waals surface area contributed by atoms with Gasteiger partial charge in [-0.15, -0.1) is 0 Å². The van der Waals surface area contributed by atoms with Gasteiger partial charge in [-0.2, -0.15) is 0 Å². The van der Waals surface area contributed by atoms with E-state index in [1.165, 1.54) is 0 Å². The van der Waals surface area contributed by atoms with Crippen molar-refractivity contribution in [3.8, 4) is 0 Å². The Balaban J connectivity index is 2.05. The fraction of sp³-hybridized carbons (Fsp3) is 1.00. The van der Waals surface area contributed by atoms with Crippen molar-refractivity contribution in [2.75, 3.05) is 26.3 Å². The quantitative estimate of drug-likeness (QED) is 0.646. The molecule has 1 heterocycles. The predicted molar refractivity (Wildman–Crippen MR) is 43.7 cm³/mol. The highest BCUT2D eigenvalue weighted by molar-refractivity contribution is 4.66. The average molecular weight is 159 g/mol. The molecule has 0 aromatic carbocycles. The van der Waals surface area contributed by atoms with E-state index in [9.17, 15) is 0 Å². The first-order valence-corrected chi connectivity index (χ1v) is 4.23. The molecular weight excluding hydrogens is 142 g/mol. The number of nitrogens with one attached hydrogen (secondary N) is 1. The van der Waals surface area contributed by atoms with Crippen molar-refractivity contribution >= 4 is 0 Å². The summed E-state index contributed by atoms with van der Waals surface area (Å²) < 4.78 is 10.9. The molecular formula is C8H17NO2. The van der Waals surface area contributed by atoms with E-state index < -0.39 is 0 Å². The number of morpholine rings is 1. The van der Waals surface area contributed by atoms with Crippen LogP contribution >= 0.6 is 0 Å². The van der Waals surface area contributed by atoms with Gasteiger partial charge in [0.1, 0.15) is 0 Å². The topological polar surface area (TPSA) is 30.5 Å². The highest BCUT2D eigenvalue weighted by Gasteiger charge is 2.13. The van der Waals surface area contributed by atoms with Crippen molar-refractivity contribution in [2.24, 2.45) is 0 Å². The Kier molecular flexibility index (Phi) is 3.83. The molecule has 1 saturated heterocycles. The van der Waals surface area contributed by atoms with Crippen molar-refractivity contribution in [1.29, 1.82) is 0 Å². The van der Waals surface area contributed by atoms with E-state index in [0.717, 1.165) is 19.7 Å². The highest BCUT2D eigenvalue weighted by Crippen LogP contribution is 1.98. The van der Waals surface area contributed by atoms with Crippen LogP contribution in [0.4, 0.5) is 0 Å². The van der Waals surface area contributed by atoms with Crippen LogP contribution in [0.3, 0.4) is 0 Å². The molecule has 0 aromatic rings. The van der Waals surface area contributed by atoms with E-state index >= 15 is 0 Å². The molecule has 0 spiro atoms. The largest absolute Gasteiger partial charge is 0.376 e. The van der Waals surface area contributed by atoms with Crippen molar-refractivity contribution in [2.45, 2.75) is 26.1 Å². The maximum atomic E-state index is 5.44. The van der Waals surface area contributed by atoms with Crippen LogP contribution < -0.4 is 5.32 Å². The summed E-state index contributed by atoms with van der Waals surface area (Å²) in [6, 6.07) is 0. The summed E-state index contributed by atoms with van der Waals surface area (Å²) >= 11 is 0. The minimum absolute atomic E-state index is 0.256. The fourth-order valence-corrected chi connectivity index (χ4v) is 1.03. The molecule has 66 valence electrons. The molecule has 0 radical (unpaired) electrons. The minimum Gasteiger partial charge on any atom is -0.376 e. The Bertz CT molecular complexity index is 100. The van der Waals surface area contributed by atoms with Gasteiger partial charge in [-0.3, -0.25) is 0 Å². The summed E-state index contributed by atoms with van der Waals surface area (Å²) in [6.45, 7) is 7.49. The van der Waals surface area contributed by atoms with Crippen LogP contribution in [0.5, 0.6) is 0 Å². The summed E-state index contributed by atoms with van der Waals surface area (Å²) in [5.41, 5.74) is 0. The second-order valence-electron chi connectivity index (χ2n) is 3.08. The van der Waals surface area contributed by atoms with Gasteiger partial charge in [0.05, 0.1) is 25.4 Å². The van der Waals surface area contributed by atoms with Gasteiger partial charge in [0.15, 0.2) is 0 Å². The first kappa shape index (κ1) is 8.97. The first-order valence-electron chi connectivity index (χ1n) is 4.23. The van der Waals surface area contributed by atoms with Crippen molar-refractivity contribution < 1.29 is 9.47 Å². The molecule has 0 amide bonds. The molecule has 0 aliphatic carbocycles. The maximum Gasteiger partial charge on any atom is 0.0933 e. The zero-order chi connectivity index (χ0) is 8.10. The zero-order valence-electron chi connectivity index (χ0n) is 7.30. The number of hydrogen-bond donors (Lipinski definition) is 1. The summed E-state index contributed by atoms with van der Waals surface area (Å²) in [5, 5.41) is 3.25. The van der Waals surface area contributed by atoms with E-state index in [0.29, 0.717) is 12.7 Å². The molecule has 3 heteroatoms. The molecule has 1 N–H and O–H groups in total. The summed E-state index contributed by atoms with van der Waals surface area (Å²) in [5.74, 6) is 0. The molecule has 1 atom stereocenters. The van der Waals surface area contributed by atoms with Gasteiger partial charge in [-0.25, -0.2) is 0 Å². The smallest absolute Gasteiger partial charge is 0.0933 e. The van der Waals surface area contributed by atoms with Crippen molar-refractivity contribution in [3.63, 3.8) is 0 Å². The van der Waals surface area contributed by atoms with Gasteiger partial charge in [0.2, 0.25) is 0 Å². The van der Waals surface area contributed by atoms with Gasteiger partial charge < -0.3 is 14.8 Å². The average Bonchev–Trinajstić information content (AvgIpc) is 2.03. The molecule has 1 aliphatic heterocycles. The van der Waals surface area contributed by atoms with E-state index in [4.69, 9.17) is 9.47 Å². The Morgan fingerprint density at radius 3 is 3.00 bits per heavy atom. The summed E-state index contributed by atoms with van der Waals surface area (Å²) in [7, 11) is 0. The van der Waals surface area contributed by atoms with E-state index in [1.54, 1.807) is 0 Å². The summed E-state index contributed by atoms with van der Waals surface area (Å²) in [6.07, 6.45) is 0.562. The van der Waals surface area contributed by atoms with Gasteiger partial charge >= 0.3 is 0 Å². The molecule has 11 heavy (non-hydrogen) atoms. The van der Waals surface area contributed by atoms with Crippen LogP contribution in [-0.4, -0.2) is 38.5 Å². The molecule has 1 rings (SSSR count). The molecule has 0 unspecified atom stereocenters. The third-order valence-electron chi connectivity index (χ3n) is 1.62. The standard InChI is InChI=1S/C8H17NO2/c1-7(2)11-6-8-5-9-3-4-10-8/h7-9H,3-6H2,1-2H3/t8-/m1/s1. The Hall–Kier alpha value is -0.120. The van der Waals surface area contributed by atoms with Crippen LogP contribution in [0.1, 0.15) is 13.8 Å². The minimum atomic E-state index is 0.256. The van der Waals surface area contributed by atoms with E-state index in [-0.39, 0.29) is 6.10 Å². The van der Waals surface area contributed by atoms with Crippen LogP contribution in [0.2, 0.25) is 0 Å². The van der Waals surface area contributed by atoms with Gasteiger partial charge in [0, 0.05) is 13.1 Å². The summed E-state index contributed by atoms with van der Waals surface area (Å²) in [4.78, 5) is 0. The third kappa shape index (κ3) is 3.70. The monoisotopic (exact) mass is 159 g/mol. The second kappa shape index (κ2) is 4.70. The van der Waals surface area contributed by atoms with E-state index in [2.05, 4.69) is 5.32 Å². The van der Waals surface area contributed by atoms with Gasteiger partial charge in [-0.1, -0.05) is 0 Å². The lowest BCUT2D eigenvalue weighted by molar-refractivity contribution is -0.0471. The zero-order valence-corrected chi connectivity index (χ0v) is 7.30. The molecule has 0 aromatic heterocycles. The Morgan fingerprint density at radius 2 is 2.45 bits per heavy atom. The van der Waals surface area contributed by atoms with Crippen molar-refractivity contribution in [1.82, 2.24) is 5.32 Å². The normalized spacial score (nSPS) is 25.9. The second-order valence-corrected chi connectivity index (χ2v) is 3.08. The van der Waals surface area contributed by atoms with Gasteiger partial charge in [0.25, 0.3) is 0 Å². The first-order chi connectivity index (χ1) is 5.29. The lowest BCUT2D eigenvalue weighted by Crippen LogP contribution is -2.41. The lowest BCUT2D eigenvalue weighted by atomic mass is 10.3. The Morgan fingerprint density at radius 1 is 1.64 bits per heavy atom. The number of hydrogen-bond acceptors (Lipinski definition) is 3. The Labute approximate surface area is 68.1 Å². The van der Waals surface area contributed by atoms with E-state index in [1.807, 2.05) is 13.8 Å². The third-order valence-corrected chi connectivity index (χ3v) is 1.62. The van der Waals surface area contributed by atoms with Crippen LogP contribution in [-0.2, 0) is 9.47 Å². The molecule has 3 nitrogen and oxygen atoms in total. The van der Waals surface area contributed by atoms with Crippen molar-refractivity contribution in [3.05, 3.63) is 0 Å². The molecule has 0 bridgehead atoms. The maximum absolute atomic E-state index is 5.44. The number of rotatable bonds is 3. The molecule has 1 fully saturated rings. The fourth-order valence-electron chi connectivity index (χ4n) is 1.03. The highest BCUT2D eigenvalue weighted by atomic mass is 16.5. The van der Waals surface area contributed by atoms with Crippen LogP contribution in [0.15, 0.2) is 0 Å².